The van der Waals surface area contributed by atoms with Gasteiger partial charge in [0.15, 0.2) is 15.8 Å². The molecule has 0 spiro atoms. The van der Waals surface area contributed by atoms with E-state index in [0.29, 0.717) is 0 Å². The van der Waals surface area contributed by atoms with Crippen molar-refractivity contribution in [2.75, 3.05) is 24.2 Å². The van der Waals surface area contributed by atoms with Crippen molar-refractivity contribution in [3.8, 4) is 0 Å². The van der Waals surface area contributed by atoms with E-state index in [1.54, 1.807) is 29.4 Å². The monoisotopic (exact) mass is 324 g/mol. The fraction of sp³-hybridized carbons (Fsp3) is 0.643. The average molecular weight is 324 g/mol. The van der Waals surface area contributed by atoms with E-state index in [1.165, 1.54) is 0 Å². The molecule has 1 saturated heterocycles. The lowest BCUT2D eigenvalue weighted by molar-refractivity contribution is -0.133. The Morgan fingerprint density at radius 2 is 1.86 bits per heavy atom. The van der Waals surface area contributed by atoms with Crippen LogP contribution in [-0.2, 0) is 4.74 Å². The van der Waals surface area contributed by atoms with Crippen LogP contribution in [0.4, 0.5) is 5.82 Å². The van der Waals surface area contributed by atoms with E-state index in [4.69, 9.17) is 4.74 Å². The van der Waals surface area contributed by atoms with Gasteiger partial charge in [-0.2, -0.15) is 0 Å². The van der Waals surface area contributed by atoms with Crippen molar-refractivity contribution >= 4 is 39.3 Å². The number of hydrogen-bond acceptors (Lipinski definition) is 7. The van der Waals surface area contributed by atoms with Crippen LogP contribution in [0, 0.1) is 0 Å². The van der Waals surface area contributed by atoms with Gasteiger partial charge in [-0.1, -0.05) is 11.8 Å². The third-order valence-electron chi connectivity index (χ3n) is 3.32. The molecule has 0 bridgehead atoms. The van der Waals surface area contributed by atoms with Crippen molar-refractivity contribution in [3.63, 3.8) is 0 Å². The summed E-state index contributed by atoms with van der Waals surface area (Å²) in [6.45, 7) is 10.1. The Bertz CT molecular complexity index is 652. The molecule has 0 unspecified atom stereocenters. The molecule has 0 saturated carbocycles. The zero-order valence-corrected chi connectivity index (χ0v) is 14.6. The first-order valence-corrected chi connectivity index (χ1v) is 8.94. The van der Waals surface area contributed by atoms with Crippen LogP contribution in [0.15, 0.2) is 10.7 Å². The van der Waals surface area contributed by atoms with Gasteiger partial charge in [0.1, 0.15) is 11.0 Å². The van der Waals surface area contributed by atoms with Gasteiger partial charge in [0.05, 0.1) is 11.2 Å². The largest absolute Gasteiger partial charge is 0.366 e. The molecule has 3 heterocycles. The van der Waals surface area contributed by atoms with Gasteiger partial charge >= 0.3 is 0 Å². The van der Waals surface area contributed by atoms with Crippen molar-refractivity contribution in [1.82, 2.24) is 15.0 Å². The number of thiazole rings is 1. The number of nitrogens with zero attached hydrogens (tertiary/aromatic N) is 4. The molecule has 5 nitrogen and oxygen atoms in total. The van der Waals surface area contributed by atoms with Gasteiger partial charge in [0, 0.05) is 13.1 Å². The molecule has 2 aromatic rings. The van der Waals surface area contributed by atoms with E-state index in [-0.39, 0.29) is 11.2 Å². The lowest BCUT2D eigenvalue weighted by Gasteiger charge is -2.47. The van der Waals surface area contributed by atoms with E-state index in [0.717, 1.165) is 33.6 Å². The summed E-state index contributed by atoms with van der Waals surface area (Å²) in [6, 6.07) is 0. The molecular formula is C14H20N4OS2. The second-order valence-electron chi connectivity index (χ2n) is 6.51. The summed E-state index contributed by atoms with van der Waals surface area (Å²) in [5.74, 6) is 0.974. The second-order valence-corrected chi connectivity index (χ2v) is 8.56. The first-order valence-electron chi connectivity index (χ1n) is 6.90. The van der Waals surface area contributed by atoms with Crippen molar-refractivity contribution in [2.45, 2.75) is 43.2 Å². The van der Waals surface area contributed by atoms with Crippen LogP contribution in [0.25, 0.3) is 10.3 Å². The van der Waals surface area contributed by atoms with Crippen LogP contribution in [0.1, 0.15) is 27.7 Å². The standard InChI is InChI=1S/C14H20N4OS2/c1-13(2)6-18(7-14(3,4)19-13)11-9-10(15-8-16-11)17-12(20-5)21-9/h8H,6-7H2,1-5H3. The predicted molar refractivity (Wildman–Crippen MR) is 88.4 cm³/mol. The summed E-state index contributed by atoms with van der Waals surface area (Å²) >= 11 is 3.31. The molecule has 0 atom stereocenters. The fourth-order valence-electron chi connectivity index (χ4n) is 2.97. The van der Waals surface area contributed by atoms with Gasteiger partial charge in [-0.15, -0.1) is 11.3 Å². The van der Waals surface area contributed by atoms with E-state index < -0.39 is 0 Å². The van der Waals surface area contributed by atoms with Gasteiger partial charge in [-0.05, 0) is 34.0 Å². The number of hydrogen-bond donors (Lipinski definition) is 0. The van der Waals surface area contributed by atoms with Gasteiger partial charge in [0.2, 0.25) is 0 Å². The van der Waals surface area contributed by atoms with Crippen molar-refractivity contribution in [1.29, 1.82) is 0 Å². The number of morpholine rings is 1. The summed E-state index contributed by atoms with van der Waals surface area (Å²) < 4.78 is 8.24. The van der Waals surface area contributed by atoms with Crippen molar-refractivity contribution in [3.05, 3.63) is 6.33 Å². The van der Waals surface area contributed by atoms with Crippen LogP contribution in [0.3, 0.4) is 0 Å². The maximum Gasteiger partial charge on any atom is 0.176 e. The van der Waals surface area contributed by atoms with E-state index in [1.807, 2.05) is 6.26 Å². The quantitative estimate of drug-likeness (QED) is 0.791. The Morgan fingerprint density at radius 3 is 2.48 bits per heavy atom. The highest BCUT2D eigenvalue weighted by atomic mass is 32.2. The number of anilines is 1. The fourth-order valence-corrected chi connectivity index (χ4v) is 4.50. The van der Waals surface area contributed by atoms with Crippen LogP contribution < -0.4 is 4.90 Å². The van der Waals surface area contributed by atoms with Gasteiger partial charge in [0.25, 0.3) is 0 Å². The Morgan fingerprint density at radius 1 is 1.19 bits per heavy atom. The Hall–Kier alpha value is -0.920. The molecule has 0 N–H and O–H groups in total. The van der Waals surface area contributed by atoms with E-state index in [2.05, 4.69) is 47.5 Å². The highest BCUT2D eigenvalue weighted by molar-refractivity contribution is 8.00. The van der Waals surface area contributed by atoms with Crippen molar-refractivity contribution in [2.24, 2.45) is 0 Å². The molecule has 1 fully saturated rings. The molecule has 1 aliphatic rings. The number of fused-ring (bicyclic) bond motifs is 1. The van der Waals surface area contributed by atoms with E-state index >= 15 is 0 Å². The molecule has 2 aromatic heterocycles. The summed E-state index contributed by atoms with van der Waals surface area (Å²) in [5, 5.41) is 0. The number of ether oxygens (including phenoxy) is 1. The maximum absolute atomic E-state index is 6.15. The Balaban J connectivity index is 2.05. The minimum absolute atomic E-state index is 0.202. The first kappa shape index (κ1) is 15.0. The lowest BCUT2D eigenvalue weighted by Crippen LogP contribution is -2.57. The number of thioether (sulfide) groups is 1. The maximum atomic E-state index is 6.15. The summed E-state index contributed by atoms with van der Waals surface area (Å²) in [6.07, 6.45) is 3.64. The normalized spacial score (nSPS) is 20.9. The lowest BCUT2D eigenvalue weighted by atomic mass is 9.99. The highest BCUT2D eigenvalue weighted by Crippen LogP contribution is 2.36. The molecule has 3 rings (SSSR count). The molecule has 0 amide bonds. The van der Waals surface area contributed by atoms with Crippen LogP contribution >= 0.6 is 23.1 Å². The Labute approximate surface area is 133 Å². The zero-order chi connectivity index (χ0) is 15.3. The van der Waals surface area contributed by atoms with Gasteiger partial charge in [-0.25, -0.2) is 15.0 Å². The third kappa shape index (κ3) is 3.00. The summed E-state index contributed by atoms with van der Waals surface area (Å²) in [7, 11) is 0. The molecule has 0 aliphatic carbocycles. The van der Waals surface area contributed by atoms with Crippen molar-refractivity contribution < 1.29 is 4.74 Å². The molecule has 0 aromatic carbocycles. The summed E-state index contributed by atoms with van der Waals surface area (Å²) in [4.78, 5) is 15.7. The molecule has 21 heavy (non-hydrogen) atoms. The van der Waals surface area contributed by atoms with Gasteiger partial charge < -0.3 is 9.64 Å². The summed E-state index contributed by atoms with van der Waals surface area (Å²) in [5.41, 5.74) is 0.384. The highest BCUT2D eigenvalue weighted by Gasteiger charge is 2.39. The minimum Gasteiger partial charge on any atom is -0.366 e. The van der Waals surface area contributed by atoms with Crippen LogP contribution in [-0.4, -0.2) is 45.5 Å². The zero-order valence-electron chi connectivity index (χ0n) is 13.0. The van der Waals surface area contributed by atoms with Gasteiger partial charge in [-0.3, -0.25) is 0 Å². The molecule has 1 aliphatic heterocycles. The molecule has 7 heteroatoms. The number of aromatic nitrogens is 3. The third-order valence-corrected chi connectivity index (χ3v) is 5.35. The SMILES string of the molecule is CSc1nc2ncnc(N3CC(C)(C)OC(C)(C)C3)c2s1. The second kappa shape index (κ2) is 5.07. The Kier molecular flexibility index (Phi) is 3.62. The van der Waals surface area contributed by atoms with Crippen LogP contribution in [0.5, 0.6) is 0 Å². The predicted octanol–water partition coefficient (Wildman–Crippen LogP) is 3.20. The molecule has 0 radical (unpaired) electrons. The first-order chi connectivity index (χ1) is 9.80. The minimum atomic E-state index is -0.202. The number of rotatable bonds is 2. The average Bonchev–Trinajstić information content (AvgIpc) is 2.77. The smallest absolute Gasteiger partial charge is 0.176 e. The topological polar surface area (TPSA) is 51.1 Å². The van der Waals surface area contributed by atoms with Crippen LogP contribution in [0.2, 0.25) is 0 Å². The molecule has 114 valence electrons. The van der Waals surface area contributed by atoms with E-state index in [9.17, 15) is 0 Å². The molecular weight excluding hydrogens is 304 g/mol.